The fourth-order valence-electron chi connectivity index (χ4n) is 4.41. The van der Waals surface area contributed by atoms with E-state index in [4.69, 9.17) is 4.74 Å². The molecule has 1 atom stereocenters. The quantitative estimate of drug-likeness (QED) is 0.533. The molecule has 2 aliphatic heterocycles. The maximum atomic E-state index is 13.9. The van der Waals surface area contributed by atoms with Crippen LogP contribution in [-0.2, 0) is 42.5 Å². The third-order valence-electron chi connectivity index (χ3n) is 6.31. The van der Waals surface area contributed by atoms with Crippen molar-refractivity contribution in [1.29, 1.82) is 5.26 Å². The lowest BCUT2D eigenvalue weighted by atomic mass is 10.1. The normalized spacial score (nSPS) is 17.3. The Morgan fingerprint density at radius 2 is 1.94 bits per heavy atom. The lowest BCUT2D eigenvalue weighted by Crippen LogP contribution is -2.44. The smallest absolute Gasteiger partial charge is 0.199 e. The van der Waals surface area contributed by atoms with Crippen molar-refractivity contribution < 1.29 is 8.95 Å². The Labute approximate surface area is 208 Å². The van der Waals surface area contributed by atoms with Gasteiger partial charge in [-0.15, -0.1) is 0 Å². The number of fused-ring (bicyclic) bond motifs is 1. The summed E-state index contributed by atoms with van der Waals surface area (Å²) in [5.41, 5.74) is 5.71. The summed E-state index contributed by atoms with van der Waals surface area (Å²) < 4.78 is 25.4. The van der Waals surface area contributed by atoms with Crippen LogP contribution in [0.5, 0.6) is 0 Å². The minimum absolute atomic E-state index is 0.440. The third-order valence-corrected chi connectivity index (χ3v) is 7.86. The van der Waals surface area contributed by atoms with Crippen LogP contribution in [0.3, 0.4) is 0 Å². The van der Waals surface area contributed by atoms with Crippen molar-refractivity contribution in [3.05, 3.63) is 95.3 Å². The average molecular weight is 489 g/mol. The minimum Gasteiger partial charge on any atom is -0.379 e. The molecule has 8 nitrogen and oxygen atoms in total. The molecule has 0 bridgehead atoms. The van der Waals surface area contributed by atoms with Crippen LogP contribution in [0.25, 0.3) is 0 Å². The van der Waals surface area contributed by atoms with Crippen molar-refractivity contribution >= 4 is 16.9 Å². The molecular weight excluding hydrogens is 460 g/mol. The molecule has 180 valence electrons. The predicted molar refractivity (Wildman–Crippen MR) is 135 cm³/mol. The molecule has 0 spiro atoms. The number of allylic oxidation sites excluding steroid dienone is 1. The molecular formula is C26H28N6O2S. The van der Waals surface area contributed by atoms with Gasteiger partial charge in [0.15, 0.2) is 11.2 Å². The summed E-state index contributed by atoms with van der Waals surface area (Å²) in [6.07, 6.45) is 6.40. The molecule has 3 aromatic rings. The van der Waals surface area contributed by atoms with Crippen molar-refractivity contribution in [2.45, 2.75) is 19.5 Å². The summed E-state index contributed by atoms with van der Waals surface area (Å²) in [7, 11) is 1.98. The van der Waals surface area contributed by atoms with E-state index in [0.717, 1.165) is 28.2 Å². The van der Waals surface area contributed by atoms with Crippen molar-refractivity contribution in [2.75, 3.05) is 31.2 Å². The lowest BCUT2D eigenvalue weighted by molar-refractivity contribution is 0.0734. The molecule has 3 heterocycles. The standard InChI is InChI=1S/C26H28N6O2S/c1-29-20-28-16-25(29)19-30-18-24(14-21-5-3-2-4-6-21)32(35(33)31-9-11-34-12-10-31)17-23-13-22(15-27)7-8-26(23)30/h2-8,13,16,18,20H,9-12,14,17,19H2,1H3. The topological polar surface area (TPSA) is 77.6 Å². The van der Waals surface area contributed by atoms with E-state index in [9.17, 15) is 9.47 Å². The van der Waals surface area contributed by atoms with Crippen LogP contribution in [-0.4, -0.2) is 48.7 Å². The Hall–Kier alpha value is -3.45. The number of aryl methyl sites for hydroxylation is 1. The number of nitrogens with zero attached hydrogens (tertiary/aromatic N) is 6. The number of aromatic nitrogens is 2. The fourth-order valence-corrected chi connectivity index (χ4v) is 5.71. The van der Waals surface area contributed by atoms with Crippen molar-refractivity contribution in [2.24, 2.45) is 7.05 Å². The molecule has 0 N–H and O–H groups in total. The van der Waals surface area contributed by atoms with Gasteiger partial charge < -0.3 is 14.2 Å². The van der Waals surface area contributed by atoms with Gasteiger partial charge >= 0.3 is 0 Å². The molecule has 1 aromatic heterocycles. The zero-order valence-electron chi connectivity index (χ0n) is 19.7. The molecule has 0 amide bonds. The number of morpholine rings is 1. The van der Waals surface area contributed by atoms with Crippen LogP contribution in [0.4, 0.5) is 5.69 Å². The molecule has 35 heavy (non-hydrogen) atoms. The maximum absolute atomic E-state index is 13.9. The first-order chi connectivity index (χ1) is 17.1. The SMILES string of the molecule is Cn1cncc1CN1C=C(Cc2ccccc2)N(S(=O)N2CCOCC2)Cc2cc(C#N)ccc21. The summed E-state index contributed by atoms with van der Waals surface area (Å²) in [6, 6.07) is 18.2. The van der Waals surface area contributed by atoms with Crippen LogP contribution in [0.1, 0.15) is 22.4 Å². The maximum Gasteiger partial charge on any atom is 0.199 e. The fraction of sp³-hybridized carbons (Fsp3) is 0.308. The van der Waals surface area contributed by atoms with Crippen LogP contribution in [0.15, 0.2) is 73.0 Å². The highest BCUT2D eigenvalue weighted by molar-refractivity contribution is 7.80. The molecule has 2 aromatic carbocycles. The number of hydrogen-bond acceptors (Lipinski definition) is 5. The number of imidazole rings is 1. The van der Waals surface area contributed by atoms with E-state index in [1.165, 1.54) is 0 Å². The summed E-state index contributed by atoms with van der Waals surface area (Å²) >= 11 is -1.39. The first-order valence-electron chi connectivity index (χ1n) is 11.6. The van der Waals surface area contributed by atoms with Gasteiger partial charge in [0.2, 0.25) is 0 Å². The number of nitriles is 1. The van der Waals surface area contributed by atoms with Gasteiger partial charge in [-0.1, -0.05) is 30.3 Å². The number of ether oxygens (including phenoxy) is 1. The second kappa shape index (κ2) is 10.4. The van der Waals surface area contributed by atoms with Gasteiger partial charge in [0.25, 0.3) is 0 Å². The van der Waals surface area contributed by atoms with Gasteiger partial charge in [0, 0.05) is 50.3 Å². The van der Waals surface area contributed by atoms with E-state index in [1.54, 1.807) is 6.33 Å². The Morgan fingerprint density at radius 1 is 1.14 bits per heavy atom. The van der Waals surface area contributed by atoms with Crippen molar-refractivity contribution in [1.82, 2.24) is 18.2 Å². The Kier molecular flexibility index (Phi) is 6.95. The van der Waals surface area contributed by atoms with E-state index in [2.05, 4.69) is 34.3 Å². The minimum atomic E-state index is -1.39. The summed E-state index contributed by atoms with van der Waals surface area (Å²) in [5.74, 6) is 0. The van der Waals surface area contributed by atoms with E-state index >= 15 is 0 Å². The van der Waals surface area contributed by atoms with Gasteiger partial charge in [0.05, 0.1) is 50.0 Å². The first-order valence-corrected chi connectivity index (χ1v) is 12.7. The Morgan fingerprint density at radius 3 is 2.66 bits per heavy atom. The van der Waals surface area contributed by atoms with Gasteiger partial charge in [-0.05, 0) is 29.3 Å². The Bertz CT molecular complexity index is 1280. The van der Waals surface area contributed by atoms with E-state index < -0.39 is 11.2 Å². The highest BCUT2D eigenvalue weighted by Gasteiger charge is 2.29. The summed E-state index contributed by atoms with van der Waals surface area (Å²) in [4.78, 5) is 6.46. The van der Waals surface area contributed by atoms with Gasteiger partial charge in [-0.2, -0.15) is 5.26 Å². The van der Waals surface area contributed by atoms with Crippen molar-refractivity contribution in [3.8, 4) is 6.07 Å². The molecule has 0 radical (unpaired) electrons. The lowest BCUT2D eigenvalue weighted by Gasteiger charge is -2.33. The van der Waals surface area contributed by atoms with Crippen LogP contribution in [0, 0.1) is 11.3 Å². The van der Waals surface area contributed by atoms with Gasteiger partial charge in [-0.25, -0.2) is 13.5 Å². The second-order valence-electron chi connectivity index (χ2n) is 8.67. The number of anilines is 1. The highest BCUT2D eigenvalue weighted by Crippen LogP contribution is 2.33. The van der Waals surface area contributed by atoms with Crippen LogP contribution >= 0.6 is 0 Å². The number of rotatable bonds is 6. The second-order valence-corrected chi connectivity index (χ2v) is 10.1. The molecule has 0 saturated carbocycles. The monoisotopic (exact) mass is 488 g/mol. The first kappa shape index (κ1) is 23.3. The van der Waals surface area contributed by atoms with Gasteiger partial charge in [-0.3, -0.25) is 4.31 Å². The van der Waals surface area contributed by atoms with E-state index in [-0.39, 0.29) is 0 Å². The Balaban J connectivity index is 1.59. The van der Waals surface area contributed by atoms with Crippen molar-refractivity contribution in [3.63, 3.8) is 0 Å². The summed E-state index contributed by atoms with van der Waals surface area (Å²) in [6.45, 7) is 3.41. The van der Waals surface area contributed by atoms with Gasteiger partial charge in [0.1, 0.15) is 0 Å². The zero-order valence-corrected chi connectivity index (χ0v) is 20.5. The molecule has 9 heteroatoms. The van der Waals surface area contributed by atoms with Crippen LogP contribution in [0.2, 0.25) is 0 Å². The summed E-state index contributed by atoms with van der Waals surface area (Å²) in [5, 5.41) is 9.56. The number of benzene rings is 2. The predicted octanol–water partition coefficient (Wildman–Crippen LogP) is 3.11. The molecule has 1 saturated heterocycles. The van der Waals surface area contributed by atoms with Crippen LogP contribution < -0.4 is 4.90 Å². The third kappa shape index (κ3) is 5.15. The molecule has 1 unspecified atom stereocenters. The highest BCUT2D eigenvalue weighted by atomic mass is 32.2. The van der Waals surface area contributed by atoms with E-state index in [1.807, 2.05) is 62.8 Å². The van der Waals surface area contributed by atoms with E-state index in [0.29, 0.717) is 51.4 Å². The zero-order chi connectivity index (χ0) is 24.2. The molecule has 5 rings (SSSR count). The number of hydrogen-bond donors (Lipinski definition) is 0. The molecule has 2 aliphatic rings. The molecule has 0 aliphatic carbocycles. The average Bonchev–Trinajstić information content (AvgIpc) is 3.24. The molecule has 1 fully saturated rings. The largest absolute Gasteiger partial charge is 0.379 e.